The van der Waals surface area contributed by atoms with E-state index in [1.54, 1.807) is 16.7 Å². The molecule has 0 bridgehead atoms. The molecule has 24 heavy (non-hydrogen) atoms. The molecule has 3 rings (SSSR count). The molecule has 2 aromatic rings. The first-order valence-electron chi connectivity index (χ1n) is 7.94. The highest BCUT2D eigenvalue weighted by Gasteiger charge is 2.23. The second-order valence-corrected chi connectivity index (χ2v) is 6.80. The molecule has 124 valence electrons. The van der Waals surface area contributed by atoms with E-state index >= 15 is 0 Å². The third-order valence-electron chi connectivity index (χ3n) is 4.06. The van der Waals surface area contributed by atoms with Crippen LogP contribution in [0.5, 0.6) is 0 Å². The zero-order chi connectivity index (χ0) is 16.9. The van der Waals surface area contributed by atoms with Crippen LogP contribution in [-0.2, 0) is 9.59 Å². The lowest BCUT2D eigenvalue weighted by molar-refractivity contribution is -0.132. The SMILES string of the molecule is C[C@H](NC(=O)CN1CSCC1=O)c1ccc(-c2ccccc2)cc1. The molecule has 0 unspecified atom stereocenters. The van der Waals surface area contributed by atoms with E-state index in [1.807, 2.05) is 37.3 Å². The van der Waals surface area contributed by atoms with Crippen molar-refractivity contribution in [1.29, 1.82) is 0 Å². The molecule has 0 radical (unpaired) electrons. The van der Waals surface area contributed by atoms with E-state index in [0.717, 1.165) is 11.1 Å². The van der Waals surface area contributed by atoms with Crippen LogP contribution in [0.1, 0.15) is 18.5 Å². The summed E-state index contributed by atoms with van der Waals surface area (Å²) in [6, 6.07) is 18.3. The number of nitrogens with one attached hydrogen (secondary N) is 1. The fourth-order valence-electron chi connectivity index (χ4n) is 2.68. The van der Waals surface area contributed by atoms with E-state index in [9.17, 15) is 9.59 Å². The van der Waals surface area contributed by atoms with E-state index in [4.69, 9.17) is 0 Å². The average molecular weight is 340 g/mol. The van der Waals surface area contributed by atoms with E-state index < -0.39 is 0 Å². The largest absolute Gasteiger partial charge is 0.348 e. The van der Waals surface area contributed by atoms with E-state index in [2.05, 4.69) is 29.6 Å². The summed E-state index contributed by atoms with van der Waals surface area (Å²) >= 11 is 1.54. The lowest BCUT2D eigenvalue weighted by atomic mass is 10.0. The van der Waals surface area contributed by atoms with Crippen molar-refractivity contribution in [2.75, 3.05) is 18.2 Å². The van der Waals surface area contributed by atoms with Gasteiger partial charge in [0, 0.05) is 0 Å². The maximum Gasteiger partial charge on any atom is 0.240 e. The Morgan fingerprint density at radius 2 is 1.79 bits per heavy atom. The van der Waals surface area contributed by atoms with Crippen molar-refractivity contribution >= 4 is 23.6 Å². The van der Waals surface area contributed by atoms with Gasteiger partial charge in [-0.1, -0.05) is 54.6 Å². The number of thioether (sulfide) groups is 1. The van der Waals surface area contributed by atoms with E-state index in [1.165, 1.54) is 5.56 Å². The van der Waals surface area contributed by atoms with Crippen molar-refractivity contribution in [2.45, 2.75) is 13.0 Å². The Hall–Kier alpha value is -2.27. The Labute approximate surface area is 146 Å². The molecular formula is C19H20N2O2S. The average Bonchev–Trinajstić information content (AvgIpc) is 3.00. The zero-order valence-corrected chi connectivity index (χ0v) is 14.4. The highest BCUT2D eigenvalue weighted by Crippen LogP contribution is 2.22. The number of carbonyl (C=O) groups excluding carboxylic acids is 2. The predicted molar refractivity (Wildman–Crippen MR) is 97.5 cm³/mol. The van der Waals surface area contributed by atoms with Crippen LogP contribution in [0.25, 0.3) is 11.1 Å². The molecule has 1 atom stereocenters. The molecule has 1 fully saturated rings. The highest BCUT2D eigenvalue weighted by molar-refractivity contribution is 8.00. The minimum atomic E-state index is -0.120. The normalized spacial score (nSPS) is 15.4. The molecule has 0 aromatic heterocycles. The molecule has 2 aromatic carbocycles. The van der Waals surface area contributed by atoms with Gasteiger partial charge in [-0.05, 0) is 23.6 Å². The molecule has 0 spiro atoms. The van der Waals surface area contributed by atoms with Crippen molar-refractivity contribution in [3.8, 4) is 11.1 Å². The molecule has 1 saturated heterocycles. The quantitative estimate of drug-likeness (QED) is 0.910. The summed E-state index contributed by atoms with van der Waals surface area (Å²) in [7, 11) is 0. The fourth-order valence-corrected chi connectivity index (χ4v) is 3.58. The van der Waals surface area contributed by atoms with E-state index in [-0.39, 0.29) is 24.4 Å². The Morgan fingerprint density at radius 3 is 2.42 bits per heavy atom. The minimum absolute atomic E-state index is 0.0371. The van der Waals surface area contributed by atoms with Gasteiger partial charge in [-0.2, -0.15) is 0 Å². The number of carbonyl (C=O) groups is 2. The summed E-state index contributed by atoms with van der Waals surface area (Å²) in [6.07, 6.45) is 0. The molecule has 5 heteroatoms. The Bertz CT molecular complexity index is 716. The van der Waals surface area contributed by atoms with Gasteiger partial charge >= 0.3 is 0 Å². The van der Waals surface area contributed by atoms with Gasteiger partial charge in [0.25, 0.3) is 0 Å². The monoisotopic (exact) mass is 340 g/mol. The molecule has 1 aliphatic rings. The van der Waals surface area contributed by atoms with Gasteiger partial charge in [0.15, 0.2) is 0 Å². The number of amides is 2. The third-order valence-corrected chi connectivity index (χ3v) is 5.00. The number of hydrogen-bond acceptors (Lipinski definition) is 3. The van der Waals surface area contributed by atoms with E-state index in [0.29, 0.717) is 11.6 Å². The van der Waals surface area contributed by atoms with Gasteiger partial charge in [0.05, 0.1) is 17.7 Å². The second kappa shape index (κ2) is 7.53. The predicted octanol–water partition coefficient (Wildman–Crippen LogP) is 3.06. The van der Waals surface area contributed by atoms with Gasteiger partial charge in [-0.15, -0.1) is 11.8 Å². The maximum atomic E-state index is 12.1. The maximum absolute atomic E-state index is 12.1. The molecule has 1 aliphatic heterocycles. The van der Waals surface area contributed by atoms with Crippen molar-refractivity contribution in [2.24, 2.45) is 0 Å². The van der Waals surface area contributed by atoms with Crippen LogP contribution >= 0.6 is 11.8 Å². The molecule has 0 saturated carbocycles. The smallest absolute Gasteiger partial charge is 0.240 e. The van der Waals surface area contributed by atoms with Crippen LogP contribution in [0, 0.1) is 0 Å². The first-order chi connectivity index (χ1) is 11.6. The van der Waals surface area contributed by atoms with Crippen LogP contribution in [0.4, 0.5) is 0 Å². The lowest BCUT2D eigenvalue weighted by Crippen LogP contribution is -2.39. The van der Waals surface area contributed by atoms with Crippen LogP contribution in [0.3, 0.4) is 0 Å². The minimum Gasteiger partial charge on any atom is -0.348 e. The molecule has 0 aliphatic carbocycles. The number of nitrogens with zero attached hydrogens (tertiary/aromatic N) is 1. The third kappa shape index (κ3) is 3.97. The van der Waals surface area contributed by atoms with Gasteiger partial charge in [0.1, 0.15) is 6.54 Å². The fraction of sp³-hybridized carbons (Fsp3) is 0.263. The van der Waals surface area contributed by atoms with Crippen LogP contribution in [0.2, 0.25) is 0 Å². The molecular weight excluding hydrogens is 320 g/mol. The number of hydrogen-bond donors (Lipinski definition) is 1. The van der Waals surface area contributed by atoms with Crippen molar-refractivity contribution in [3.63, 3.8) is 0 Å². The van der Waals surface area contributed by atoms with Crippen LogP contribution in [0.15, 0.2) is 54.6 Å². The Balaban J connectivity index is 1.59. The van der Waals surface area contributed by atoms with Gasteiger partial charge in [0.2, 0.25) is 11.8 Å². The van der Waals surface area contributed by atoms with Crippen LogP contribution < -0.4 is 5.32 Å². The van der Waals surface area contributed by atoms with Gasteiger partial charge in [-0.25, -0.2) is 0 Å². The summed E-state index contributed by atoms with van der Waals surface area (Å²) in [5.74, 6) is 0.997. The summed E-state index contributed by atoms with van der Waals surface area (Å²) in [5, 5.41) is 2.96. The molecule has 2 amide bonds. The topological polar surface area (TPSA) is 49.4 Å². The second-order valence-electron chi connectivity index (χ2n) is 5.85. The number of benzene rings is 2. The highest BCUT2D eigenvalue weighted by atomic mass is 32.2. The lowest BCUT2D eigenvalue weighted by Gasteiger charge is -2.18. The standard InChI is InChI=1S/C19H20N2O2S/c1-14(20-18(22)11-21-13-24-12-19(21)23)15-7-9-17(10-8-15)16-5-3-2-4-6-16/h2-10,14H,11-13H2,1H3,(H,20,22)/t14-/m0/s1. The summed E-state index contributed by atoms with van der Waals surface area (Å²) in [5.41, 5.74) is 3.37. The Morgan fingerprint density at radius 1 is 1.12 bits per heavy atom. The Kier molecular flexibility index (Phi) is 5.20. The molecule has 1 heterocycles. The van der Waals surface area contributed by atoms with Crippen molar-refractivity contribution < 1.29 is 9.59 Å². The molecule has 4 nitrogen and oxygen atoms in total. The number of rotatable bonds is 5. The first-order valence-corrected chi connectivity index (χ1v) is 9.09. The van der Waals surface area contributed by atoms with Crippen molar-refractivity contribution in [3.05, 3.63) is 60.2 Å². The van der Waals surface area contributed by atoms with Crippen molar-refractivity contribution in [1.82, 2.24) is 10.2 Å². The first kappa shape index (κ1) is 16.6. The molecule has 1 N–H and O–H groups in total. The van der Waals surface area contributed by atoms with Gasteiger partial charge in [-0.3, -0.25) is 9.59 Å². The summed E-state index contributed by atoms with van der Waals surface area (Å²) in [6.45, 7) is 2.09. The summed E-state index contributed by atoms with van der Waals surface area (Å²) < 4.78 is 0. The zero-order valence-electron chi connectivity index (χ0n) is 13.6. The van der Waals surface area contributed by atoms with Gasteiger partial charge < -0.3 is 10.2 Å². The van der Waals surface area contributed by atoms with Crippen LogP contribution in [-0.4, -0.2) is 34.9 Å². The summed E-state index contributed by atoms with van der Waals surface area (Å²) in [4.78, 5) is 25.3.